The molecule has 1 aliphatic heterocycles. The third-order valence-corrected chi connectivity index (χ3v) is 4.31. The van der Waals surface area contributed by atoms with Gasteiger partial charge in [-0.25, -0.2) is 0 Å². The monoisotopic (exact) mass is 318 g/mol. The number of ether oxygens (including phenoxy) is 1. The van der Waals surface area contributed by atoms with Crippen LogP contribution >= 0.6 is 0 Å². The molecule has 0 bridgehead atoms. The van der Waals surface area contributed by atoms with Gasteiger partial charge in [-0.1, -0.05) is 6.92 Å². The molecular formula is C19H30N2O2. The second-order valence-electron chi connectivity index (χ2n) is 6.91. The van der Waals surface area contributed by atoms with Gasteiger partial charge in [0.25, 0.3) is 0 Å². The summed E-state index contributed by atoms with van der Waals surface area (Å²) < 4.78 is 5.77. The third kappa shape index (κ3) is 4.79. The lowest BCUT2D eigenvalue weighted by molar-refractivity contribution is 0.0886. The quantitative estimate of drug-likeness (QED) is 0.819. The molecule has 2 rings (SSSR count). The minimum Gasteiger partial charge on any atom is -0.491 e. The Labute approximate surface area is 140 Å². The number of carbonyl (C=O) groups excluding carboxylic acids is 1. The normalized spacial score (nSPS) is 17.3. The second-order valence-corrected chi connectivity index (χ2v) is 6.91. The van der Waals surface area contributed by atoms with E-state index in [0.717, 1.165) is 55.2 Å². The number of aryl methyl sites for hydroxylation is 2. The number of Topliss-reactive ketones (excluding diaryl/α,β-unsaturated/α-hetero) is 1. The van der Waals surface area contributed by atoms with Crippen molar-refractivity contribution in [2.24, 2.45) is 5.92 Å². The predicted octanol–water partition coefficient (Wildman–Crippen LogP) is 2.81. The zero-order chi connectivity index (χ0) is 17.0. The molecule has 4 nitrogen and oxygen atoms in total. The summed E-state index contributed by atoms with van der Waals surface area (Å²) in [6.07, 6.45) is 0.141. The zero-order valence-electron chi connectivity index (χ0n) is 15.1. The predicted molar refractivity (Wildman–Crippen MR) is 94.5 cm³/mol. The molecule has 1 heterocycles. The highest BCUT2D eigenvalue weighted by atomic mass is 16.5. The summed E-state index contributed by atoms with van der Waals surface area (Å²) in [6, 6.07) is 3.97. The number of rotatable bonds is 6. The molecule has 0 aromatic heterocycles. The van der Waals surface area contributed by atoms with E-state index in [-0.39, 0.29) is 17.8 Å². The van der Waals surface area contributed by atoms with Gasteiger partial charge in [0.15, 0.2) is 5.78 Å². The van der Waals surface area contributed by atoms with E-state index in [9.17, 15) is 4.79 Å². The van der Waals surface area contributed by atoms with Crippen molar-refractivity contribution >= 4 is 5.78 Å². The number of nitrogens with one attached hydrogen (secondary N) is 1. The lowest BCUT2D eigenvalue weighted by Crippen LogP contribution is -2.45. The maximum atomic E-state index is 12.9. The van der Waals surface area contributed by atoms with Gasteiger partial charge in [-0.05, 0) is 51.0 Å². The average Bonchev–Trinajstić information content (AvgIpc) is 2.46. The van der Waals surface area contributed by atoms with Gasteiger partial charge in [-0.3, -0.25) is 4.79 Å². The van der Waals surface area contributed by atoms with Crippen molar-refractivity contribution in [3.8, 4) is 5.75 Å². The molecule has 1 atom stereocenters. The number of nitrogens with zero attached hydrogens (tertiary/aromatic N) is 1. The molecule has 1 aromatic carbocycles. The zero-order valence-corrected chi connectivity index (χ0v) is 15.1. The molecule has 128 valence electrons. The number of hydrogen-bond acceptors (Lipinski definition) is 4. The lowest BCUT2D eigenvalue weighted by atomic mass is 9.91. The largest absolute Gasteiger partial charge is 0.491 e. The first kappa shape index (κ1) is 18.0. The van der Waals surface area contributed by atoms with Gasteiger partial charge in [0, 0.05) is 44.2 Å². The van der Waals surface area contributed by atoms with Gasteiger partial charge in [0.05, 0.1) is 6.10 Å². The maximum absolute atomic E-state index is 12.9. The number of benzene rings is 1. The van der Waals surface area contributed by atoms with Crippen LogP contribution < -0.4 is 10.1 Å². The van der Waals surface area contributed by atoms with Crippen molar-refractivity contribution in [2.75, 3.05) is 32.7 Å². The van der Waals surface area contributed by atoms with Gasteiger partial charge in [-0.15, -0.1) is 0 Å². The Bertz CT molecular complexity index is 525. The van der Waals surface area contributed by atoms with Crippen LogP contribution in [0.4, 0.5) is 0 Å². The summed E-state index contributed by atoms with van der Waals surface area (Å²) >= 11 is 0. The molecule has 0 amide bonds. The molecule has 1 fully saturated rings. The SMILES string of the molecule is Cc1cc(OC(C)C)cc(C)c1C(=O)C(C)CN1CCNCC1. The Morgan fingerprint density at radius 3 is 2.26 bits per heavy atom. The summed E-state index contributed by atoms with van der Waals surface area (Å²) in [6.45, 7) is 15.0. The Balaban J connectivity index is 2.11. The van der Waals surface area contributed by atoms with Crippen molar-refractivity contribution in [1.82, 2.24) is 10.2 Å². The van der Waals surface area contributed by atoms with Crippen molar-refractivity contribution < 1.29 is 9.53 Å². The second kappa shape index (κ2) is 7.93. The standard InChI is InChI=1S/C19H30N2O2/c1-13(2)23-17-10-14(3)18(15(4)11-17)19(22)16(5)12-21-8-6-20-7-9-21/h10-11,13,16,20H,6-9,12H2,1-5H3. The van der Waals surface area contributed by atoms with Crippen molar-refractivity contribution in [3.05, 3.63) is 28.8 Å². The smallest absolute Gasteiger partial charge is 0.167 e. The number of carbonyl (C=O) groups is 1. The first-order valence-corrected chi connectivity index (χ1v) is 8.63. The average molecular weight is 318 g/mol. The molecule has 0 radical (unpaired) electrons. The van der Waals surface area contributed by atoms with E-state index in [1.165, 1.54) is 0 Å². The first-order chi connectivity index (χ1) is 10.9. The molecule has 23 heavy (non-hydrogen) atoms. The van der Waals surface area contributed by atoms with Crippen LogP contribution in [-0.4, -0.2) is 49.5 Å². The molecule has 1 unspecified atom stereocenters. The minimum absolute atomic E-state index is 0.0161. The van der Waals surface area contributed by atoms with Gasteiger partial charge < -0.3 is 15.0 Å². The van der Waals surface area contributed by atoms with Crippen LogP contribution in [0.3, 0.4) is 0 Å². The number of hydrogen-bond donors (Lipinski definition) is 1. The van der Waals surface area contributed by atoms with Crippen molar-refractivity contribution in [2.45, 2.75) is 40.7 Å². The maximum Gasteiger partial charge on any atom is 0.167 e. The Morgan fingerprint density at radius 1 is 1.17 bits per heavy atom. The van der Waals surface area contributed by atoms with Crippen LogP contribution in [0.1, 0.15) is 42.3 Å². The van der Waals surface area contributed by atoms with E-state index in [0.29, 0.717) is 0 Å². The molecule has 0 saturated carbocycles. The molecular weight excluding hydrogens is 288 g/mol. The van der Waals surface area contributed by atoms with E-state index < -0.39 is 0 Å². The Hall–Kier alpha value is -1.39. The van der Waals surface area contributed by atoms with Gasteiger partial charge >= 0.3 is 0 Å². The fourth-order valence-corrected chi connectivity index (χ4v) is 3.26. The highest BCUT2D eigenvalue weighted by Crippen LogP contribution is 2.25. The van der Waals surface area contributed by atoms with Crippen LogP contribution in [0.5, 0.6) is 5.75 Å². The Morgan fingerprint density at radius 2 is 1.74 bits per heavy atom. The number of ketones is 1. The van der Waals surface area contributed by atoms with E-state index in [1.807, 2.05) is 46.8 Å². The van der Waals surface area contributed by atoms with Gasteiger partial charge in [0.1, 0.15) is 5.75 Å². The molecule has 1 aliphatic rings. The summed E-state index contributed by atoms with van der Waals surface area (Å²) in [5, 5.41) is 3.35. The Kier molecular flexibility index (Phi) is 6.19. The van der Waals surface area contributed by atoms with Crippen molar-refractivity contribution in [3.63, 3.8) is 0 Å². The fourth-order valence-electron chi connectivity index (χ4n) is 3.26. The van der Waals surface area contributed by atoms with E-state index in [4.69, 9.17) is 4.74 Å². The molecule has 1 N–H and O–H groups in total. The highest BCUT2D eigenvalue weighted by Gasteiger charge is 2.23. The summed E-state index contributed by atoms with van der Waals surface area (Å²) in [5.41, 5.74) is 2.89. The molecule has 0 aliphatic carbocycles. The summed E-state index contributed by atoms with van der Waals surface area (Å²) in [5.74, 6) is 1.11. The lowest BCUT2D eigenvalue weighted by Gasteiger charge is -2.29. The van der Waals surface area contributed by atoms with E-state index >= 15 is 0 Å². The van der Waals surface area contributed by atoms with Crippen LogP contribution in [-0.2, 0) is 0 Å². The van der Waals surface area contributed by atoms with Crippen LogP contribution in [0.15, 0.2) is 12.1 Å². The first-order valence-electron chi connectivity index (χ1n) is 8.63. The van der Waals surface area contributed by atoms with Crippen molar-refractivity contribution in [1.29, 1.82) is 0 Å². The topological polar surface area (TPSA) is 41.6 Å². The molecule has 1 saturated heterocycles. The summed E-state index contributed by atoms with van der Waals surface area (Å²) in [7, 11) is 0. The van der Waals surface area contributed by atoms with Gasteiger partial charge in [-0.2, -0.15) is 0 Å². The van der Waals surface area contributed by atoms with Crippen LogP contribution in [0.2, 0.25) is 0 Å². The van der Waals surface area contributed by atoms with Gasteiger partial charge in [0.2, 0.25) is 0 Å². The van der Waals surface area contributed by atoms with Crippen LogP contribution in [0, 0.1) is 19.8 Å². The summed E-state index contributed by atoms with van der Waals surface area (Å²) in [4.78, 5) is 15.3. The third-order valence-electron chi connectivity index (χ3n) is 4.31. The fraction of sp³-hybridized carbons (Fsp3) is 0.632. The highest BCUT2D eigenvalue weighted by molar-refractivity contribution is 6.00. The number of piperazine rings is 1. The molecule has 1 aromatic rings. The molecule has 0 spiro atoms. The molecule has 4 heteroatoms. The minimum atomic E-state index is 0.0161. The van der Waals surface area contributed by atoms with E-state index in [2.05, 4.69) is 10.2 Å². The van der Waals surface area contributed by atoms with E-state index in [1.54, 1.807) is 0 Å². The van der Waals surface area contributed by atoms with Crippen LogP contribution in [0.25, 0.3) is 0 Å².